The van der Waals surface area contributed by atoms with Crippen molar-refractivity contribution in [2.24, 2.45) is 0 Å². The van der Waals surface area contributed by atoms with Gasteiger partial charge in [0, 0.05) is 18.5 Å². The van der Waals surface area contributed by atoms with Crippen LogP contribution < -0.4 is 9.46 Å². The Morgan fingerprint density at radius 1 is 1.17 bits per heavy atom. The van der Waals surface area contributed by atoms with Gasteiger partial charge in [0.25, 0.3) is 0 Å². The highest BCUT2D eigenvalue weighted by Crippen LogP contribution is 2.36. The molecule has 2 N–H and O–H groups in total. The van der Waals surface area contributed by atoms with Gasteiger partial charge >= 0.3 is 0 Å². The van der Waals surface area contributed by atoms with Gasteiger partial charge in [-0.1, -0.05) is 30.3 Å². The zero-order valence-electron chi connectivity index (χ0n) is 12.2. The van der Waals surface area contributed by atoms with Crippen LogP contribution in [0.2, 0.25) is 0 Å². The van der Waals surface area contributed by atoms with Gasteiger partial charge in [-0.15, -0.1) is 0 Å². The van der Waals surface area contributed by atoms with Crippen molar-refractivity contribution in [1.29, 1.82) is 0 Å². The van der Waals surface area contributed by atoms with E-state index in [9.17, 15) is 17.9 Å². The highest BCUT2D eigenvalue weighted by molar-refractivity contribution is 7.89. The molecule has 0 radical (unpaired) electrons. The number of benzene rings is 2. The van der Waals surface area contributed by atoms with E-state index in [-0.39, 0.29) is 19.6 Å². The van der Waals surface area contributed by atoms with E-state index in [0.717, 1.165) is 6.07 Å². The number of halogens is 1. The van der Waals surface area contributed by atoms with E-state index < -0.39 is 26.3 Å². The molecule has 0 fully saturated rings. The fourth-order valence-electron chi connectivity index (χ4n) is 2.58. The Balaban J connectivity index is 1.85. The van der Waals surface area contributed by atoms with Gasteiger partial charge in [0.15, 0.2) is 0 Å². The van der Waals surface area contributed by atoms with Gasteiger partial charge in [-0.3, -0.25) is 0 Å². The molecule has 0 aromatic heterocycles. The van der Waals surface area contributed by atoms with E-state index in [1.165, 1.54) is 18.2 Å². The standard InChI is InChI=1S/C16H16FNO4S/c17-13-6-2-4-8-15(13)23(20,21)18-11-16(19)9-10-22-14-7-3-1-5-12(14)16/h1-8,18-19H,9-11H2. The molecule has 0 amide bonds. The summed E-state index contributed by atoms with van der Waals surface area (Å²) in [7, 11) is -4.06. The molecule has 0 saturated carbocycles. The lowest BCUT2D eigenvalue weighted by Crippen LogP contribution is -2.44. The molecule has 0 saturated heterocycles. The van der Waals surface area contributed by atoms with Crippen LogP contribution in [0, 0.1) is 5.82 Å². The quantitative estimate of drug-likeness (QED) is 0.892. The molecule has 1 unspecified atom stereocenters. The van der Waals surface area contributed by atoms with Crippen molar-refractivity contribution in [3.8, 4) is 5.75 Å². The number of fused-ring (bicyclic) bond motifs is 1. The topological polar surface area (TPSA) is 75.6 Å². The number of hydrogen-bond donors (Lipinski definition) is 2. The third-order valence-corrected chi connectivity index (χ3v) is 5.28. The lowest BCUT2D eigenvalue weighted by atomic mass is 9.88. The predicted molar refractivity (Wildman–Crippen MR) is 82.0 cm³/mol. The third kappa shape index (κ3) is 3.08. The Labute approximate surface area is 133 Å². The number of hydrogen-bond acceptors (Lipinski definition) is 4. The SMILES string of the molecule is O=S(=O)(NCC1(O)CCOc2ccccc21)c1ccccc1F. The van der Waals surface area contributed by atoms with Crippen LogP contribution in [0.15, 0.2) is 53.4 Å². The van der Waals surface area contributed by atoms with Gasteiger partial charge in [-0.25, -0.2) is 17.5 Å². The van der Waals surface area contributed by atoms with Crippen molar-refractivity contribution in [2.45, 2.75) is 16.9 Å². The number of ether oxygens (including phenoxy) is 1. The Morgan fingerprint density at radius 2 is 1.87 bits per heavy atom. The molecular weight excluding hydrogens is 321 g/mol. The summed E-state index contributed by atoms with van der Waals surface area (Å²) in [4.78, 5) is -0.441. The van der Waals surface area contributed by atoms with Gasteiger partial charge in [-0.2, -0.15) is 0 Å². The van der Waals surface area contributed by atoms with Crippen molar-refractivity contribution in [3.05, 3.63) is 59.9 Å². The van der Waals surface area contributed by atoms with E-state index in [2.05, 4.69) is 4.72 Å². The van der Waals surface area contributed by atoms with Crippen molar-refractivity contribution in [1.82, 2.24) is 4.72 Å². The molecule has 1 heterocycles. The van der Waals surface area contributed by atoms with Crippen LogP contribution >= 0.6 is 0 Å². The Morgan fingerprint density at radius 3 is 2.65 bits per heavy atom. The lowest BCUT2D eigenvalue weighted by Gasteiger charge is -2.34. The molecule has 2 aromatic carbocycles. The maximum atomic E-state index is 13.7. The minimum absolute atomic E-state index is 0.240. The zero-order chi connectivity index (χ0) is 16.5. The highest BCUT2D eigenvalue weighted by Gasteiger charge is 2.36. The Kier molecular flexibility index (Phi) is 4.09. The molecule has 0 bridgehead atoms. The maximum Gasteiger partial charge on any atom is 0.243 e. The first-order chi connectivity index (χ1) is 10.9. The third-order valence-electron chi connectivity index (χ3n) is 3.84. The van der Waals surface area contributed by atoms with E-state index in [1.807, 2.05) is 0 Å². The normalized spacial score (nSPS) is 20.6. The zero-order valence-corrected chi connectivity index (χ0v) is 13.0. The first-order valence-electron chi connectivity index (χ1n) is 7.11. The van der Waals surface area contributed by atoms with Gasteiger partial charge < -0.3 is 9.84 Å². The summed E-state index contributed by atoms with van der Waals surface area (Å²) in [5.41, 5.74) is -0.879. The molecule has 3 rings (SSSR count). The van der Waals surface area contributed by atoms with E-state index in [0.29, 0.717) is 11.3 Å². The van der Waals surface area contributed by atoms with E-state index in [1.54, 1.807) is 24.3 Å². The van der Waals surface area contributed by atoms with Gasteiger partial charge in [0.1, 0.15) is 22.1 Å². The lowest BCUT2D eigenvalue weighted by molar-refractivity contribution is 0.00218. The van der Waals surface area contributed by atoms with Crippen LogP contribution in [0.4, 0.5) is 4.39 Å². The number of aliphatic hydroxyl groups is 1. The largest absolute Gasteiger partial charge is 0.493 e. The fourth-order valence-corrected chi connectivity index (χ4v) is 3.75. The Hall–Kier alpha value is -1.96. The fraction of sp³-hybridized carbons (Fsp3) is 0.250. The predicted octanol–water partition coefficient (Wildman–Crippen LogP) is 1.77. The molecule has 0 aliphatic carbocycles. The summed E-state index contributed by atoms with van der Waals surface area (Å²) >= 11 is 0. The second-order valence-corrected chi connectivity index (χ2v) is 7.12. The van der Waals surface area contributed by atoms with Crippen LogP contribution in [0.25, 0.3) is 0 Å². The second kappa shape index (κ2) is 5.92. The van der Waals surface area contributed by atoms with Crippen LogP contribution in [0.3, 0.4) is 0 Å². The van der Waals surface area contributed by atoms with Crippen LogP contribution in [0.5, 0.6) is 5.75 Å². The van der Waals surface area contributed by atoms with E-state index >= 15 is 0 Å². The maximum absolute atomic E-state index is 13.7. The molecule has 2 aromatic rings. The molecule has 122 valence electrons. The average molecular weight is 337 g/mol. The molecule has 7 heteroatoms. The average Bonchev–Trinajstić information content (AvgIpc) is 2.54. The van der Waals surface area contributed by atoms with Gasteiger partial charge in [-0.05, 0) is 18.2 Å². The minimum Gasteiger partial charge on any atom is -0.493 e. The summed E-state index contributed by atoms with van der Waals surface area (Å²) in [6.07, 6.45) is 0.240. The molecule has 1 atom stereocenters. The van der Waals surface area contributed by atoms with Crippen molar-refractivity contribution in [2.75, 3.05) is 13.2 Å². The van der Waals surface area contributed by atoms with Crippen LogP contribution in [0.1, 0.15) is 12.0 Å². The summed E-state index contributed by atoms with van der Waals surface area (Å²) < 4.78 is 45.9. The molecule has 1 aliphatic heterocycles. The number of sulfonamides is 1. The summed E-state index contributed by atoms with van der Waals surface area (Å²) in [5.74, 6) is -0.314. The minimum atomic E-state index is -4.06. The molecule has 5 nitrogen and oxygen atoms in total. The molecule has 23 heavy (non-hydrogen) atoms. The molecule has 0 spiro atoms. The van der Waals surface area contributed by atoms with Crippen molar-refractivity contribution in [3.63, 3.8) is 0 Å². The van der Waals surface area contributed by atoms with Gasteiger partial charge in [0.05, 0.1) is 6.61 Å². The molecule has 1 aliphatic rings. The summed E-state index contributed by atoms with van der Waals surface area (Å²) in [6, 6.07) is 12.0. The number of nitrogens with one attached hydrogen (secondary N) is 1. The summed E-state index contributed by atoms with van der Waals surface area (Å²) in [5, 5.41) is 10.8. The molecular formula is C16H16FNO4S. The first kappa shape index (κ1) is 15.9. The first-order valence-corrected chi connectivity index (χ1v) is 8.60. The van der Waals surface area contributed by atoms with E-state index in [4.69, 9.17) is 4.74 Å². The van der Waals surface area contributed by atoms with Crippen molar-refractivity contribution < 1.29 is 22.7 Å². The smallest absolute Gasteiger partial charge is 0.243 e. The van der Waals surface area contributed by atoms with Crippen LogP contribution in [-0.4, -0.2) is 26.7 Å². The Bertz CT molecular complexity index is 824. The highest BCUT2D eigenvalue weighted by atomic mass is 32.2. The summed E-state index contributed by atoms with van der Waals surface area (Å²) in [6.45, 7) is 0.0129. The second-order valence-electron chi connectivity index (χ2n) is 5.38. The number of para-hydroxylation sites is 1. The van der Waals surface area contributed by atoms with Gasteiger partial charge in [0.2, 0.25) is 10.0 Å². The van der Waals surface area contributed by atoms with Crippen molar-refractivity contribution >= 4 is 10.0 Å². The monoisotopic (exact) mass is 337 g/mol. The van der Waals surface area contributed by atoms with Crippen LogP contribution in [-0.2, 0) is 15.6 Å². The number of rotatable bonds is 4.